The Morgan fingerprint density at radius 2 is 1.93 bits per heavy atom. The molecule has 146 valence electrons. The number of halogens is 2. The highest BCUT2D eigenvalue weighted by Crippen LogP contribution is 2.43. The van der Waals surface area contributed by atoms with Gasteiger partial charge in [-0.3, -0.25) is 4.79 Å². The second-order valence-electron chi connectivity index (χ2n) is 6.90. The third kappa shape index (κ3) is 3.74. The summed E-state index contributed by atoms with van der Waals surface area (Å²) in [6.45, 7) is 0. The fourth-order valence-electron chi connectivity index (χ4n) is 3.72. The van der Waals surface area contributed by atoms with E-state index < -0.39 is 23.0 Å². The summed E-state index contributed by atoms with van der Waals surface area (Å²) in [5.74, 6) is 3.68. The molecule has 1 heterocycles. The van der Waals surface area contributed by atoms with Gasteiger partial charge in [-0.15, -0.1) is 0 Å². The van der Waals surface area contributed by atoms with Crippen molar-refractivity contribution in [3.05, 3.63) is 57.8 Å². The van der Waals surface area contributed by atoms with Gasteiger partial charge in [0.05, 0.1) is 0 Å². The van der Waals surface area contributed by atoms with Gasteiger partial charge < -0.3 is 20.5 Å². The van der Waals surface area contributed by atoms with E-state index in [9.17, 15) is 19.8 Å². The molecule has 2 aromatic rings. The van der Waals surface area contributed by atoms with E-state index in [0.29, 0.717) is 23.4 Å². The zero-order valence-electron chi connectivity index (χ0n) is 14.8. The van der Waals surface area contributed by atoms with Crippen LogP contribution in [0.3, 0.4) is 0 Å². The maximum atomic E-state index is 12.5. The molecule has 8 heteroatoms. The lowest BCUT2D eigenvalue weighted by Crippen LogP contribution is -2.55. The van der Waals surface area contributed by atoms with Gasteiger partial charge in [-0.25, -0.2) is 4.79 Å². The molecule has 1 aromatic carbocycles. The quantitative estimate of drug-likeness (QED) is 0.663. The first-order valence-electron chi connectivity index (χ1n) is 8.59. The summed E-state index contributed by atoms with van der Waals surface area (Å²) in [5.41, 5.74) is 3.09. The number of amides is 1. The lowest BCUT2D eigenvalue weighted by Gasteiger charge is -2.43. The number of hydrogen-bond acceptors (Lipinski definition) is 3. The average Bonchev–Trinajstić information content (AvgIpc) is 3.02. The predicted molar refractivity (Wildman–Crippen MR) is 105 cm³/mol. The maximum absolute atomic E-state index is 12.5. The minimum Gasteiger partial charge on any atom is -0.477 e. The van der Waals surface area contributed by atoms with Gasteiger partial charge in [-0.1, -0.05) is 41.1 Å². The Hall–Kier alpha value is -2.46. The summed E-state index contributed by atoms with van der Waals surface area (Å²) in [6.07, 6.45) is 0.809. The molecule has 0 radical (unpaired) electrons. The van der Waals surface area contributed by atoms with Crippen LogP contribution in [0.5, 0.6) is 0 Å². The van der Waals surface area contributed by atoms with Gasteiger partial charge in [0.1, 0.15) is 22.0 Å². The molecular formula is C20H18Cl2N2O4. The fraction of sp³-hybridized carbons (Fsp3) is 0.300. The van der Waals surface area contributed by atoms with Crippen LogP contribution >= 0.6 is 23.2 Å². The number of aromatic carboxylic acids is 1. The van der Waals surface area contributed by atoms with E-state index in [4.69, 9.17) is 28.9 Å². The number of aromatic nitrogens is 1. The van der Waals surface area contributed by atoms with E-state index >= 15 is 0 Å². The van der Waals surface area contributed by atoms with E-state index in [0.717, 1.165) is 0 Å². The minimum absolute atomic E-state index is 0.0586. The molecule has 28 heavy (non-hydrogen) atoms. The van der Waals surface area contributed by atoms with Crippen molar-refractivity contribution in [1.82, 2.24) is 4.57 Å². The molecule has 1 aliphatic rings. The lowest BCUT2D eigenvalue weighted by atomic mass is 9.72. The summed E-state index contributed by atoms with van der Waals surface area (Å²) in [6, 6.07) is 9.55. The van der Waals surface area contributed by atoms with E-state index in [-0.39, 0.29) is 23.7 Å². The van der Waals surface area contributed by atoms with Crippen molar-refractivity contribution < 1.29 is 19.8 Å². The topological polar surface area (TPSA) is 106 Å². The monoisotopic (exact) mass is 420 g/mol. The molecule has 0 unspecified atom stereocenters. The van der Waals surface area contributed by atoms with Crippen LogP contribution in [0.1, 0.15) is 41.7 Å². The zero-order valence-corrected chi connectivity index (χ0v) is 16.3. The number of rotatable bonds is 3. The van der Waals surface area contributed by atoms with Gasteiger partial charge in [0.15, 0.2) is 0 Å². The van der Waals surface area contributed by atoms with E-state index in [2.05, 4.69) is 11.8 Å². The molecule has 2 atom stereocenters. The molecule has 1 aliphatic carbocycles. The van der Waals surface area contributed by atoms with Crippen LogP contribution < -0.4 is 5.73 Å². The second-order valence-corrected chi connectivity index (χ2v) is 7.72. The summed E-state index contributed by atoms with van der Waals surface area (Å²) >= 11 is 12.2. The van der Waals surface area contributed by atoms with Crippen LogP contribution in [0.4, 0.5) is 0 Å². The van der Waals surface area contributed by atoms with Gasteiger partial charge in [0.25, 0.3) is 0 Å². The van der Waals surface area contributed by atoms with Gasteiger partial charge in [-0.05, 0) is 49.6 Å². The first kappa shape index (κ1) is 20.3. The highest BCUT2D eigenvalue weighted by Gasteiger charge is 2.50. The number of carboxylic acids is 1. The lowest BCUT2D eigenvalue weighted by molar-refractivity contribution is -0.132. The SMILES string of the molecule is NC(=O)[C@]1(n2c(Cl)ccc2C(=O)O)CCC[C@@](O)(C#Cc2cccc(Cl)c2)C1. The fourth-order valence-corrected chi connectivity index (χ4v) is 4.23. The standard InChI is InChI=1S/C20H18Cl2N2O4/c21-14-4-1-3-13(11-14)7-10-19(28)8-2-9-20(12-19,18(23)27)24-15(17(25)26)5-6-16(24)22/h1,3-6,11,28H,2,8-9,12H2,(H2,23,27)(H,25,26)/t19-,20+/m1/s1. The van der Waals surface area contributed by atoms with Crippen LogP contribution in [0.15, 0.2) is 36.4 Å². The van der Waals surface area contributed by atoms with Crippen LogP contribution in [-0.2, 0) is 10.3 Å². The van der Waals surface area contributed by atoms with Crippen molar-refractivity contribution >= 4 is 35.1 Å². The number of aliphatic hydroxyl groups is 1. The van der Waals surface area contributed by atoms with Crippen molar-refractivity contribution in [2.24, 2.45) is 5.73 Å². The Balaban J connectivity index is 2.05. The van der Waals surface area contributed by atoms with E-state index in [1.807, 2.05) is 0 Å². The molecule has 4 N–H and O–H groups in total. The van der Waals surface area contributed by atoms with E-state index in [1.54, 1.807) is 24.3 Å². The highest BCUT2D eigenvalue weighted by atomic mass is 35.5. The van der Waals surface area contributed by atoms with Crippen LogP contribution in [0, 0.1) is 11.8 Å². The second kappa shape index (κ2) is 7.51. The third-order valence-electron chi connectivity index (χ3n) is 4.97. The minimum atomic E-state index is -1.54. The largest absolute Gasteiger partial charge is 0.477 e. The van der Waals surface area contributed by atoms with Crippen molar-refractivity contribution in [2.45, 2.75) is 36.8 Å². The average molecular weight is 421 g/mol. The predicted octanol–water partition coefficient (Wildman–Crippen LogP) is 3.03. The zero-order chi connectivity index (χ0) is 20.5. The van der Waals surface area contributed by atoms with Gasteiger partial charge in [-0.2, -0.15) is 0 Å². The Labute approximate surface area is 171 Å². The summed E-state index contributed by atoms with van der Waals surface area (Å²) < 4.78 is 1.20. The third-order valence-corrected chi connectivity index (χ3v) is 5.50. The molecular weight excluding hydrogens is 403 g/mol. The molecule has 0 spiro atoms. The molecule has 6 nitrogen and oxygen atoms in total. The van der Waals surface area contributed by atoms with Crippen molar-refractivity contribution in [1.29, 1.82) is 0 Å². The molecule has 0 saturated heterocycles. The Morgan fingerprint density at radius 3 is 2.57 bits per heavy atom. The van der Waals surface area contributed by atoms with Crippen LogP contribution in [-0.4, -0.2) is 32.3 Å². The smallest absolute Gasteiger partial charge is 0.352 e. The normalized spacial score (nSPS) is 24.2. The van der Waals surface area contributed by atoms with Crippen molar-refractivity contribution in [2.75, 3.05) is 0 Å². The Kier molecular flexibility index (Phi) is 5.44. The summed E-state index contributed by atoms with van der Waals surface area (Å²) in [4.78, 5) is 24.1. The van der Waals surface area contributed by atoms with Gasteiger partial charge >= 0.3 is 5.97 Å². The van der Waals surface area contributed by atoms with Gasteiger partial charge in [0.2, 0.25) is 5.91 Å². The first-order chi connectivity index (χ1) is 13.2. The number of benzene rings is 1. The molecule has 0 aliphatic heterocycles. The molecule has 1 amide bonds. The Morgan fingerprint density at radius 1 is 1.18 bits per heavy atom. The number of primary amides is 1. The molecule has 0 bridgehead atoms. The van der Waals surface area contributed by atoms with Crippen LogP contribution in [0.2, 0.25) is 10.2 Å². The number of hydrogen-bond donors (Lipinski definition) is 3. The first-order valence-corrected chi connectivity index (χ1v) is 9.35. The molecule has 1 aromatic heterocycles. The van der Waals surface area contributed by atoms with Gasteiger partial charge in [0, 0.05) is 17.0 Å². The summed E-state index contributed by atoms with van der Waals surface area (Å²) in [5, 5.41) is 21.1. The maximum Gasteiger partial charge on any atom is 0.352 e. The number of carboxylic acid groups (broad SMARTS) is 1. The summed E-state index contributed by atoms with van der Waals surface area (Å²) in [7, 11) is 0. The number of nitrogens with two attached hydrogens (primary N) is 1. The number of nitrogens with zero attached hydrogens (tertiary/aromatic N) is 1. The van der Waals surface area contributed by atoms with Crippen LogP contribution in [0.25, 0.3) is 0 Å². The van der Waals surface area contributed by atoms with E-state index in [1.165, 1.54) is 16.7 Å². The van der Waals surface area contributed by atoms with Crippen molar-refractivity contribution in [3.63, 3.8) is 0 Å². The molecule has 3 rings (SSSR count). The molecule has 1 saturated carbocycles. The highest BCUT2D eigenvalue weighted by molar-refractivity contribution is 6.30. The number of carbonyl (C=O) groups excluding carboxylic acids is 1. The number of carbonyl (C=O) groups is 2. The Bertz CT molecular complexity index is 1010. The molecule has 1 fully saturated rings. The van der Waals surface area contributed by atoms with Crippen molar-refractivity contribution in [3.8, 4) is 11.8 Å².